The smallest absolute Gasteiger partial charge is 0.222 e. The summed E-state index contributed by atoms with van der Waals surface area (Å²) in [4.78, 5) is 10.9. The van der Waals surface area contributed by atoms with Gasteiger partial charge < -0.3 is 11.5 Å². The van der Waals surface area contributed by atoms with Crippen molar-refractivity contribution in [1.29, 1.82) is 0 Å². The van der Waals surface area contributed by atoms with Crippen LogP contribution >= 0.6 is 0 Å². The van der Waals surface area contributed by atoms with E-state index in [2.05, 4.69) is 0 Å². The first-order valence-corrected chi connectivity index (χ1v) is 4.27. The molecular weight excluding hydrogens is 164 g/mol. The minimum absolute atomic E-state index is 0.248. The van der Waals surface area contributed by atoms with Gasteiger partial charge in [-0.3, -0.25) is 4.79 Å². The number of carbonyl (C=O) groups is 1. The molecule has 0 aliphatic carbocycles. The summed E-state index contributed by atoms with van der Waals surface area (Å²) >= 11 is 0. The fourth-order valence-electron chi connectivity index (χ4n) is 1.20. The number of benzene rings is 1. The number of primary amides is 1. The maximum Gasteiger partial charge on any atom is 0.222 e. The Morgan fingerprint density at radius 2 is 1.92 bits per heavy atom. The van der Waals surface area contributed by atoms with Gasteiger partial charge in [-0.15, -0.1) is 0 Å². The Morgan fingerprint density at radius 3 is 2.38 bits per heavy atom. The van der Waals surface area contributed by atoms with E-state index >= 15 is 0 Å². The number of hydrogen-bond donors (Lipinski definition) is 2. The van der Waals surface area contributed by atoms with Gasteiger partial charge in [0, 0.05) is 6.54 Å². The van der Waals surface area contributed by atoms with Crippen LogP contribution in [-0.2, 0) is 11.2 Å². The highest BCUT2D eigenvalue weighted by atomic mass is 16.1. The summed E-state index contributed by atoms with van der Waals surface area (Å²) in [7, 11) is 0. The van der Waals surface area contributed by atoms with E-state index < -0.39 is 0 Å². The maximum absolute atomic E-state index is 10.9. The third-order valence-electron chi connectivity index (χ3n) is 2.01. The first-order valence-electron chi connectivity index (χ1n) is 4.27. The number of nitrogens with two attached hydrogens (primary N) is 2. The highest BCUT2D eigenvalue weighted by molar-refractivity contribution is 5.77. The molecule has 0 spiro atoms. The van der Waals surface area contributed by atoms with E-state index in [0.717, 1.165) is 5.56 Å². The second-order valence-corrected chi connectivity index (χ2v) is 3.02. The van der Waals surface area contributed by atoms with Crippen LogP contribution in [0.5, 0.6) is 0 Å². The zero-order chi connectivity index (χ0) is 9.68. The van der Waals surface area contributed by atoms with Crippen LogP contribution in [0.2, 0.25) is 0 Å². The van der Waals surface area contributed by atoms with Crippen molar-refractivity contribution >= 4 is 5.91 Å². The molecule has 0 aliphatic heterocycles. The highest BCUT2D eigenvalue weighted by Gasteiger charge is 2.12. The van der Waals surface area contributed by atoms with E-state index in [9.17, 15) is 4.79 Å². The van der Waals surface area contributed by atoms with Crippen LogP contribution in [0.4, 0.5) is 0 Å². The van der Waals surface area contributed by atoms with Crippen molar-refractivity contribution in [2.45, 2.75) is 6.42 Å². The van der Waals surface area contributed by atoms with Crippen molar-refractivity contribution in [3.63, 3.8) is 0 Å². The van der Waals surface area contributed by atoms with Gasteiger partial charge in [-0.1, -0.05) is 30.3 Å². The average molecular weight is 178 g/mol. The van der Waals surface area contributed by atoms with E-state index in [0.29, 0.717) is 13.0 Å². The molecule has 1 aromatic carbocycles. The predicted molar refractivity (Wildman–Crippen MR) is 51.9 cm³/mol. The second-order valence-electron chi connectivity index (χ2n) is 3.02. The van der Waals surface area contributed by atoms with Gasteiger partial charge in [0.15, 0.2) is 0 Å². The Bertz CT molecular complexity index is 272. The van der Waals surface area contributed by atoms with Gasteiger partial charge >= 0.3 is 0 Å². The Kier molecular flexibility index (Phi) is 3.46. The molecule has 0 aromatic heterocycles. The molecule has 0 unspecified atom stereocenters. The van der Waals surface area contributed by atoms with E-state index in [-0.39, 0.29) is 11.8 Å². The first kappa shape index (κ1) is 9.74. The number of rotatable bonds is 4. The molecular formula is C10H14N2O. The lowest BCUT2D eigenvalue weighted by Gasteiger charge is -2.09. The molecule has 1 rings (SSSR count). The van der Waals surface area contributed by atoms with Gasteiger partial charge in [-0.05, 0) is 12.0 Å². The standard InChI is InChI=1S/C10H14N2O/c11-7-9(10(12)13)6-8-4-2-1-3-5-8/h1-5,9H,6-7,11H2,(H2,12,13)/t9-/m0/s1. The second kappa shape index (κ2) is 4.62. The molecule has 1 aromatic rings. The lowest BCUT2D eigenvalue weighted by molar-refractivity contribution is -0.121. The molecule has 0 bridgehead atoms. The Balaban J connectivity index is 2.62. The maximum atomic E-state index is 10.9. The first-order chi connectivity index (χ1) is 6.24. The van der Waals surface area contributed by atoms with Crippen molar-refractivity contribution < 1.29 is 4.79 Å². The van der Waals surface area contributed by atoms with Crippen molar-refractivity contribution in [2.24, 2.45) is 17.4 Å². The Morgan fingerprint density at radius 1 is 1.31 bits per heavy atom. The van der Waals surface area contributed by atoms with Crippen molar-refractivity contribution in [3.8, 4) is 0 Å². The van der Waals surface area contributed by atoms with Crippen LogP contribution in [0.1, 0.15) is 5.56 Å². The van der Waals surface area contributed by atoms with Crippen LogP contribution in [0.25, 0.3) is 0 Å². The molecule has 1 atom stereocenters. The Labute approximate surface area is 77.7 Å². The highest BCUT2D eigenvalue weighted by Crippen LogP contribution is 2.06. The lowest BCUT2D eigenvalue weighted by atomic mass is 9.99. The van der Waals surface area contributed by atoms with Crippen LogP contribution in [0.3, 0.4) is 0 Å². The molecule has 4 N–H and O–H groups in total. The molecule has 0 radical (unpaired) electrons. The summed E-state index contributed by atoms with van der Waals surface area (Å²) in [5.41, 5.74) is 11.7. The molecule has 0 saturated carbocycles. The summed E-state index contributed by atoms with van der Waals surface area (Å²) in [5.74, 6) is -0.575. The molecule has 0 saturated heterocycles. The van der Waals surface area contributed by atoms with E-state index in [1.165, 1.54) is 0 Å². The summed E-state index contributed by atoms with van der Waals surface area (Å²) in [6.45, 7) is 0.310. The zero-order valence-corrected chi connectivity index (χ0v) is 7.44. The fourth-order valence-corrected chi connectivity index (χ4v) is 1.20. The summed E-state index contributed by atoms with van der Waals surface area (Å²) in [6, 6.07) is 9.73. The van der Waals surface area contributed by atoms with Crippen LogP contribution < -0.4 is 11.5 Å². The normalized spacial score (nSPS) is 12.4. The van der Waals surface area contributed by atoms with E-state index in [1.807, 2.05) is 30.3 Å². The van der Waals surface area contributed by atoms with Crippen molar-refractivity contribution in [3.05, 3.63) is 35.9 Å². The molecule has 70 valence electrons. The number of carbonyl (C=O) groups excluding carboxylic acids is 1. The van der Waals surface area contributed by atoms with E-state index in [1.54, 1.807) is 0 Å². The van der Waals surface area contributed by atoms with Gasteiger partial charge in [0.25, 0.3) is 0 Å². The fraction of sp³-hybridized carbons (Fsp3) is 0.300. The SMILES string of the molecule is NC[C@H](Cc1ccccc1)C(N)=O. The minimum atomic E-state index is -0.327. The zero-order valence-electron chi connectivity index (χ0n) is 7.44. The van der Waals surface area contributed by atoms with Crippen LogP contribution in [0, 0.1) is 5.92 Å². The lowest BCUT2D eigenvalue weighted by Crippen LogP contribution is -2.31. The van der Waals surface area contributed by atoms with Crippen molar-refractivity contribution in [1.82, 2.24) is 0 Å². The summed E-state index contributed by atoms with van der Waals surface area (Å²) in [6.07, 6.45) is 0.632. The molecule has 0 fully saturated rings. The topological polar surface area (TPSA) is 69.1 Å². The van der Waals surface area contributed by atoms with Gasteiger partial charge in [-0.2, -0.15) is 0 Å². The number of amides is 1. The van der Waals surface area contributed by atoms with Crippen molar-refractivity contribution in [2.75, 3.05) is 6.54 Å². The third-order valence-corrected chi connectivity index (χ3v) is 2.01. The van der Waals surface area contributed by atoms with Gasteiger partial charge in [0.2, 0.25) is 5.91 Å². The predicted octanol–water partition coefficient (Wildman–Crippen LogP) is 0.289. The van der Waals surface area contributed by atoms with Gasteiger partial charge in [0.1, 0.15) is 0 Å². The molecule has 13 heavy (non-hydrogen) atoms. The minimum Gasteiger partial charge on any atom is -0.369 e. The van der Waals surface area contributed by atoms with Gasteiger partial charge in [-0.25, -0.2) is 0 Å². The van der Waals surface area contributed by atoms with Gasteiger partial charge in [0.05, 0.1) is 5.92 Å². The molecule has 1 amide bonds. The molecule has 0 aliphatic rings. The summed E-state index contributed by atoms with van der Waals surface area (Å²) < 4.78 is 0. The average Bonchev–Trinajstić information content (AvgIpc) is 2.15. The number of hydrogen-bond acceptors (Lipinski definition) is 2. The molecule has 0 heterocycles. The Hall–Kier alpha value is -1.35. The van der Waals surface area contributed by atoms with E-state index in [4.69, 9.17) is 11.5 Å². The third kappa shape index (κ3) is 2.87. The monoisotopic (exact) mass is 178 g/mol. The van der Waals surface area contributed by atoms with Crippen LogP contribution in [-0.4, -0.2) is 12.5 Å². The molecule has 3 heteroatoms. The molecule has 3 nitrogen and oxygen atoms in total. The summed E-state index contributed by atoms with van der Waals surface area (Å²) in [5, 5.41) is 0. The largest absolute Gasteiger partial charge is 0.369 e. The van der Waals surface area contributed by atoms with Crippen LogP contribution in [0.15, 0.2) is 30.3 Å². The quantitative estimate of drug-likeness (QED) is 0.695.